The fraction of sp³-hybridized carbons (Fsp3) is 0.526. The normalized spacial score (nSPS) is 19.2. The Morgan fingerprint density at radius 2 is 1.81 bits per heavy atom. The average molecular weight is 356 g/mol. The molecule has 2 aliphatic rings. The highest BCUT2D eigenvalue weighted by atomic mass is 16.1. The fourth-order valence-corrected chi connectivity index (χ4v) is 4.33. The number of anilines is 2. The molecule has 0 aromatic heterocycles. The Morgan fingerprint density at radius 3 is 2.42 bits per heavy atom. The van der Waals surface area contributed by atoms with Crippen LogP contribution in [-0.2, 0) is 4.79 Å². The van der Waals surface area contributed by atoms with Gasteiger partial charge in [0, 0.05) is 12.6 Å². The molecule has 3 rings (SSSR count). The van der Waals surface area contributed by atoms with Gasteiger partial charge in [0.15, 0.2) is 0 Å². The summed E-state index contributed by atoms with van der Waals surface area (Å²) in [7, 11) is 0. The molecule has 0 bridgehead atoms. The molecule has 5 N–H and O–H groups in total. The molecular formula is C19H28N6O. The summed E-state index contributed by atoms with van der Waals surface area (Å²) in [6.45, 7) is 7.57. The Bertz CT molecular complexity index is 805. The molecule has 1 amide bonds. The maximum absolute atomic E-state index is 11.7. The molecule has 1 fully saturated rings. The number of hydrogen-bond donors (Lipinski definition) is 3. The molecule has 1 heterocycles. The first-order valence-corrected chi connectivity index (χ1v) is 9.13. The third kappa shape index (κ3) is 3.02. The molecule has 0 unspecified atom stereocenters. The fourth-order valence-electron chi connectivity index (χ4n) is 4.33. The molecule has 7 nitrogen and oxygen atoms in total. The van der Waals surface area contributed by atoms with Gasteiger partial charge in [0.1, 0.15) is 5.66 Å². The molecule has 1 aromatic carbocycles. The van der Waals surface area contributed by atoms with Gasteiger partial charge >= 0.3 is 0 Å². The number of carbonyl (C=O) groups excluding carboxylic acids is 1. The number of nitrogens with zero attached hydrogens (tertiary/aromatic N) is 3. The van der Waals surface area contributed by atoms with Crippen LogP contribution in [-0.4, -0.2) is 23.5 Å². The third-order valence-electron chi connectivity index (χ3n) is 5.31. The Labute approximate surface area is 154 Å². The standard InChI is InChI=1S/C19H28N6O/c1-11-10-12(2)16(13(3)15(11)22-14(4)26)25-18(21)23-17(20)24-19(25)8-6-5-7-9-19/h10H,5-9H2,1-4H3,(H,22,26)(H4,20,21,23,24). The van der Waals surface area contributed by atoms with Gasteiger partial charge in [-0.05, 0) is 63.1 Å². The van der Waals surface area contributed by atoms with Gasteiger partial charge in [0.2, 0.25) is 17.8 Å². The van der Waals surface area contributed by atoms with E-state index in [4.69, 9.17) is 16.5 Å². The highest BCUT2D eigenvalue weighted by Crippen LogP contribution is 2.43. The number of amides is 1. The van der Waals surface area contributed by atoms with Crippen LogP contribution in [0.2, 0.25) is 0 Å². The van der Waals surface area contributed by atoms with E-state index in [0.29, 0.717) is 5.96 Å². The zero-order valence-corrected chi connectivity index (χ0v) is 16.0. The van der Waals surface area contributed by atoms with Crippen LogP contribution >= 0.6 is 0 Å². The number of carbonyl (C=O) groups is 1. The Morgan fingerprint density at radius 1 is 1.15 bits per heavy atom. The van der Waals surface area contributed by atoms with Crippen LogP contribution in [0.3, 0.4) is 0 Å². The summed E-state index contributed by atoms with van der Waals surface area (Å²) >= 11 is 0. The van der Waals surface area contributed by atoms with Crippen LogP contribution < -0.4 is 21.7 Å². The summed E-state index contributed by atoms with van der Waals surface area (Å²) < 4.78 is 0. The molecular weight excluding hydrogens is 328 g/mol. The third-order valence-corrected chi connectivity index (χ3v) is 5.31. The second kappa shape index (κ2) is 6.63. The zero-order valence-electron chi connectivity index (χ0n) is 16.0. The van der Waals surface area contributed by atoms with Gasteiger partial charge in [-0.25, -0.2) is 4.99 Å². The van der Waals surface area contributed by atoms with Gasteiger partial charge in [-0.3, -0.25) is 9.69 Å². The van der Waals surface area contributed by atoms with Crippen molar-refractivity contribution in [2.75, 3.05) is 10.2 Å². The molecule has 7 heteroatoms. The number of nitrogens with two attached hydrogens (primary N) is 2. The van der Waals surface area contributed by atoms with Crippen LogP contribution in [0, 0.1) is 20.8 Å². The predicted molar refractivity (Wildman–Crippen MR) is 106 cm³/mol. The van der Waals surface area contributed by atoms with Crippen LogP contribution in [0.1, 0.15) is 55.7 Å². The van der Waals surface area contributed by atoms with E-state index in [-0.39, 0.29) is 11.9 Å². The van der Waals surface area contributed by atoms with E-state index in [1.54, 1.807) is 0 Å². The van der Waals surface area contributed by atoms with Crippen molar-refractivity contribution in [3.63, 3.8) is 0 Å². The number of benzene rings is 1. The van der Waals surface area contributed by atoms with Gasteiger partial charge in [-0.1, -0.05) is 12.5 Å². The van der Waals surface area contributed by atoms with Gasteiger partial charge in [-0.2, -0.15) is 4.99 Å². The van der Waals surface area contributed by atoms with Crippen molar-refractivity contribution in [3.05, 3.63) is 22.8 Å². The summed E-state index contributed by atoms with van der Waals surface area (Å²) in [4.78, 5) is 22.7. The Hall–Kier alpha value is -2.57. The van der Waals surface area contributed by atoms with Crippen LogP contribution in [0.15, 0.2) is 16.1 Å². The number of guanidine groups is 2. The Kier molecular flexibility index (Phi) is 4.64. The highest BCUT2D eigenvalue weighted by Gasteiger charge is 2.43. The summed E-state index contributed by atoms with van der Waals surface area (Å²) in [5.41, 5.74) is 16.7. The van der Waals surface area contributed by atoms with Crippen molar-refractivity contribution in [1.29, 1.82) is 0 Å². The molecule has 1 spiro atoms. The van der Waals surface area contributed by atoms with Gasteiger partial charge < -0.3 is 16.8 Å². The molecule has 1 aliphatic heterocycles. The number of aryl methyl sites for hydroxylation is 2. The lowest BCUT2D eigenvalue weighted by atomic mass is 9.86. The van der Waals surface area contributed by atoms with Crippen LogP contribution in [0.5, 0.6) is 0 Å². The Balaban J connectivity index is 2.20. The van der Waals surface area contributed by atoms with E-state index in [1.807, 2.05) is 18.7 Å². The molecule has 0 saturated heterocycles. The molecule has 0 atom stereocenters. The van der Waals surface area contributed by atoms with E-state index < -0.39 is 5.66 Å². The number of rotatable bonds is 2. The zero-order chi connectivity index (χ0) is 19.1. The quantitative estimate of drug-likeness (QED) is 0.757. The van der Waals surface area contributed by atoms with E-state index in [9.17, 15) is 4.79 Å². The van der Waals surface area contributed by atoms with Crippen molar-refractivity contribution in [2.24, 2.45) is 21.5 Å². The number of aliphatic imine (C=N–C) groups is 2. The summed E-state index contributed by atoms with van der Waals surface area (Å²) in [5.74, 6) is 0.509. The molecule has 0 radical (unpaired) electrons. The molecule has 140 valence electrons. The minimum absolute atomic E-state index is 0.0964. The van der Waals surface area contributed by atoms with Gasteiger partial charge in [-0.15, -0.1) is 0 Å². The molecule has 1 aliphatic carbocycles. The monoisotopic (exact) mass is 356 g/mol. The smallest absolute Gasteiger partial charge is 0.221 e. The summed E-state index contributed by atoms with van der Waals surface area (Å²) in [5, 5.41) is 2.96. The second-order valence-corrected chi connectivity index (χ2v) is 7.36. The van der Waals surface area contributed by atoms with E-state index in [1.165, 1.54) is 13.3 Å². The summed E-state index contributed by atoms with van der Waals surface area (Å²) in [6, 6.07) is 2.07. The average Bonchev–Trinajstić information content (AvgIpc) is 2.54. The SMILES string of the molecule is CC(=O)Nc1c(C)cc(C)c(N2C(N)=NC(N)=NC23CCCCC3)c1C. The maximum atomic E-state index is 11.7. The lowest BCUT2D eigenvalue weighted by Crippen LogP contribution is -2.58. The van der Waals surface area contributed by atoms with Crippen molar-refractivity contribution < 1.29 is 4.79 Å². The second-order valence-electron chi connectivity index (χ2n) is 7.36. The minimum atomic E-state index is -0.494. The molecule has 1 saturated carbocycles. The highest BCUT2D eigenvalue weighted by molar-refractivity contribution is 6.07. The van der Waals surface area contributed by atoms with Crippen LogP contribution in [0.4, 0.5) is 11.4 Å². The topological polar surface area (TPSA) is 109 Å². The maximum Gasteiger partial charge on any atom is 0.221 e. The van der Waals surface area contributed by atoms with Crippen molar-refractivity contribution >= 4 is 29.2 Å². The first kappa shape index (κ1) is 18.2. The molecule has 26 heavy (non-hydrogen) atoms. The predicted octanol–water partition coefficient (Wildman–Crippen LogP) is 2.68. The van der Waals surface area contributed by atoms with Crippen molar-refractivity contribution in [2.45, 2.75) is 65.5 Å². The molecule has 1 aromatic rings. The number of hydrogen-bond acceptors (Lipinski definition) is 6. The van der Waals surface area contributed by atoms with Gasteiger partial charge in [0.25, 0.3) is 0 Å². The van der Waals surface area contributed by atoms with Crippen molar-refractivity contribution in [3.8, 4) is 0 Å². The first-order chi connectivity index (χ1) is 12.2. The van der Waals surface area contributed by atoms with E-state index >= 15 is 0 Å². The summed E-state index contributed by atoms with van der Waals surface area (Å²) in [6.07, 6.45) is 5.09. The van der Waals surface area contributed by atoms with E-state index in [0.717, 1.165) is 53.7 Å². The van der Waals surface area contributed by atoms with Crippen molar-refractivity contribution in [1.82, 2.24) is 0 Å². The minimum Gasteiger partial charge on any atom is -0.369 e. The van der Waals surface area contributed by atoms with Gasteiger partial charge in [0.05, 0.1) is 5.69 Å². The first-order valence-electron chi connectivity index (χ1n) is 9.13. The number of nitrogens with one attached hydrogen (secondary N) is 1. The lowest BCUT2D eigenvalue weighted by Gasteiger charge is -2.46. The van der Waals surface area contributed by atoms with E-state index in [2.05, 4.69) is 23.3 Å². The van der Waals surface area contributed by atoms with Crippen LogP contribution in [0.25, 0.3) is 0 Å². The largest absolute Gasteiger partial charge is 0.369 e. The lowest BCUT2D eigenvalue weighted by molar-refractivity contribution is -0.114.